The number of pyridine rings is 1. The first-order valence-electron chi connectivity index (χ1n) is 8.00. The predicted octanol–water partition coefficient (Wildman–Crippen LogP) is 2.72. The summed E-state index contributed by atoms with van der Waals surface area (Å²) in [6, 6.07) is 13.5. The molecule has 2 N–H and O–H groups in total. The van der Waals surface area contributed by atoms with Crippen LogP contribution in [0.15, 0.2) is 61.2 Å². The molecule has 0 aliphatic carbocycles. The van der Waals surface area contributed by atoms with Gasteiger partial charge in [-0.1, -0.05) is 30.3 Å². The number of hydrogen-bond acceptors (Lipinski definition) is 5. The Balaban J connectivity index is 1.61. The van der Waals surface area contributed by atoms with Crippen LogP contribution < -0.4 is 10.6 Å². The monoisotopic (exact) mass is 333 g/mol. The number of aromatic nitrogens is 3. The second-order valence-corrected chi connectivity index (χ2v) is 5.61. The molecule has 6 heteroatoms. The van der Waals surface area contributed by atoms with E-state index in [9.17, 15) is 4.79 Å². The second-order valence-electron chi connectivity index (χ2n) is 5.61. The summed E-state index contributed by atoms with van der Waals surface area (Å²) >= 11 is 0. The summed E-state index contributed by atoms with van der Waals surface area (Å²) in [6.45, 7) is 3.11. The van der Waals surface area contributed by atoms with Gasteiger partial charge in [0, 0.05) is 31.5 Å². The van der Waals surface area contributed by atoms with Gasteiger partial charge in [-0.15, -0.1) is 0 Å². The number of nitrogens with zero attached hydrogens (tertiary/aromatic N) is 3. The molecule has 0 saturated carbocycles. The first-order valence-corrected chi connectivity index (χ1v) is 8.00. The highest BCUT2D eigenvalue weighted by Crippen LogP contribution is 2.11. The van der Waals surface area contributed by atoms with Crippen molar-refractivity contribution in [1.82, 2.24) is 20.3 Å². The van der Waals surface area contributed by atoms with E-state index >= 15 is 0 Å². The largest absolute Gasteiger partial charge is 0.366 e. The van der Waals surface area contributed by atoms with Gasteiger partial charge in [0.25, 0.3) is 5.91 Å². The Morgan fingerprint density at radius 1 is 1.08 bits per heavy atom. The molecule has 0 aliphatic rings. The molecule has 0 fully saturated rings. The lowest BCUT2D eigenvalue weighted by molar-refractivity contribution is 0.0945. The van der Waals surface area contributed by atoms with Crippen molar-refractivity contribution in [3.05, 3.63) is 83.6 Å². The van der Waals surface area contributed by atoms with Crippen LogP contribution in [-0.4, -0.2) is 20.9 Å². The topological polar surface area (TPSA) is 79.8 Å². The Hall–Kier alpha value is -3.28. The molecule has 6 nitrogen and oxygen atoms in total. The zero-order valence-electron chi connectivity index (χ0n) is 13.9. The van der Waals surface area contributed by atoms with E-state index in [1.807, 2.05) is 24.3 Å². The third-order valence-electron chi connectivity index (χ3n) is 3.80. The molecule has 1 aromatic carbocycles. The minimum atomic E-state index is -0.245. The normalized spacial score (nSPS) is 10.3. The van der Waals surface area contributed by atoms with Crippen LogP contribution in [0.1, 0.15) is 27.2 Å². The number of hydrogen-bond donors (Lipinski definition) is 2. The summed E-state index contributed by atoms with van der Waals surface area (Å²) in [4.78, 5) is 24.5. The summed E-state index contributed by atoms with van der Waals surface area (Å²) in [6.07, 6.45) is 4.80. The van der Waals surface area contributed by atoms with Gasteiger partial charge in [-0.25, -0.2) is 9.97 Å². The molecule has 0 aliphatic heterocycles. The molecular formula is C19H19N5O. The van der Waals surface area contributed by atoms with E-state index in [0.29, 0.717) is 24.6 Å². The fourth-order valence-corrected chi connectivity index (χ4v) is 2.35. The van der Waals surface area contributed by atoms with Gasteiger partial charge in [0.05, 0.1) is 0 Å². The minimum absolute atomic E-state index is 0.245. The molecular weight excluding hydrogens is 314 g/mol. The smallest absolute Gasteiger partial charge is 0.270 e. The molecule has 126 valence electrons. The van der Waals surface area contributed by atoms with Gasteiger partial charge in [-0.05, 0) is 29.7 Å². The Labute approximate surface area is 146 Å². The molecule has 2 heterocycles. The van der Waals surface area contributed by atoms with Crippen molar-refractivity contribution in [1.29, 1.82) is 0 Å². The summed E-state index contributed by atoms with van der Waals surface area (Å²) in [5.74, 6) is 0.370. The molecule has 0 saturated heterocycles. The SMILES string of the molecule is Cc1ccccc1CNc1cc(C(=O)NCc2cccnc2)ncn1. The lowest BCUT2D eigenvalue weighted by Crippen LogP contribution is -2.24. The van der Waals surface area contributed by atoms with Crippen LogP contribution in [0.2, 0.25) is 0 Å². The van der Waals surface area contributed by atoms with E-state index in [0.717, 1.165) is 5.56 Å². The lowest BCUT2D eigenvalue weighted by atomic mass is 10.1. The Morgan fingerprint density at radius 2 is 1.96 bits per heavy atom. The predicted molar refractivity (Wildman–Crippen MR) is 95.9 cm³/mol. The van der Waals surface area contributed by atoms with Crippen LogP contribution in [0.5, 0.6) is 0 Å². The maximum atomic E-state index is 12.2. The number of aryl methyl sites for hydroxylation is 1. The van der Waals surface area contributed by atoms with Gasteiger partial charge in [-0.3, -0.25) is 9.78 Å². The molecule has 1 amide bonds. The summed E-state index contributed by atoms with van der Waals surface area (Å²) in [5.41, 5.74) is 3.65. The van der Waals surface area contributed by atoms with Gasteiger partial charge >= 0.3 is 0 Å². The van der Waals surface area contributed by atoms with Gasteiger partial charge in [0.1, 0.15) is 17.8 Å². The third-order valence-corrected chi connectivity index (χ3v) is 3.80. The van der Waals surface area contributed by atoms with Gasteiger partial charge in [0.2, 0.25) is 0 Å². The van der Waals surface area contributed by atoms with Crippen molar-refractivity contribution in [3.8, 4) is 0 Å². The van der Waals surface area contributed by atoms with E-state index in [1.54, 1.807) is 18.5 Å². The molecule has 0 spiro atoms. The number of anilines is 1. The summed E-state index contributed by atoms with van der Waals surface area (Å²) in [5, 5.41) is 6.06. The highest BCUT2D eigenvalue weighted by atomic mass is 16.1. The van der Waals surface area contributed by atoms with E-state index in [-0.39, 0.29) is 5.91 Å². The first-order chi connectivity index (χ1) is 12.2. The third kappa shape index (κ3) is 4.60. The quantitative estimate of drug-likeness (QED) is 0.725. The maximum Gasteiger partial charge on any atom is 0.270 e. The second kappa shape index (κ2) is 8.01. The van der Waals surface area contributed by atoms with Crippen molar-refractivity contribution in [2.75, 3.05) is 5.32 Å². The Morgan fingerprint density at radius 3 is 2.76 bits per heavy atom. The molecule has 25 heavy (non-hydrogen) atoms. The van der Waals surface area contributed by atoms with Gasteiger partial charge in [-0.2, -0.15) is 0 Å². The van der Waals surface area contributed by atoms with Crippen LogP contribution in [0.4, 0.5) is 5.82 Å². The van der Waals surface area contributed by atoms with Crippen LogP contribution in [0, 0.1) is 6.92 Å². The van der Waals surface area contributed by atoms with E-state index in [4.69, 9.17) is 0 Å². The fourth-order valence-electron chi connectivity index (χ4n) is 2.35. The van der Waals surface area contributed by atoms with Crippen molar-refractivity contribution in [3.63, 3.8) is 0 Å². The van der Waals surface area contributed by atoms with Crippen molar-refractivity contribution in [2.45, 2.75) is 20.0 Å². The number of carbonyl (C=O) groups is 1. The van der Waals surface area contributed by atoms with Crippen LogP contribution in [-0.2, 0) is 13.1 Å². The van der Waals surface area contributed by atoms with Crippen LogP contribution in [0.3, 0.4) is 0 Å². The zero-order chi connectivity index (χ0) is 17.5. The highest BCUT2D eigenvalue weighted by molar-refractivity contribution is 5.92. The van der Waals surface area contributed by atoms with Crippen molar-refractivity contribution < 1.29 is 4.79 Å². The van der Waals surface area contributed by atoms with Crippen LogP contribution in [0.25, 0.3) is 0 Å². The molecule has 0 bridgehead atoms. The average Bonchev–Trinajstić information content (AvgIpc) is 2.66. The Kier molecular flexibility index (Phi) is 5.31. The molecule has 0 unspecified atom stereocenters. The first kappa shape index (κ1) is 16.6. The van der Waals surface area contributed by atoms with Gasteiger partial charge in [0.15, 0.2) is 0 Å². The van der Waals surface area contributed by atoms with E-state index in [2.05, 4.69) is 44.6 Å². The number of benzene rings is 1. The number of nitrogens with one attached hydrogen (secondary N) is 2. The number of carbonyl (C=O) groups excluding carboxylic acids is 1. The molecule has 0 atom stereocenters. The van der Waals surface area contributed by atoms with E-state index in [1.165, 1.54) is 17.5 Å². The summed E-state index contributed by atoms with van der Waals surface area (Å²) < 4.78 is 0. The number of amides is 1. The zero-order valence-corrected chi connectivity index (χ0v) is 13.9. The minimum Gasteiger partial charge on any atom is -0.366 e. The van der Waals surface area contributed by atoms with Gasteiger partial charge < -0.3 is 10.6 Å². The average molecular weight is 333 g/mol. The lowest BCUT2D eigenvalue weighted by Gasteiger charge is -2.09. The van der Waals surface area contributed by atoms with Crippen molar-refractivity contribution >= 4 is 11.7 Å². The fraction of sp³-hybridized carbons (Fsp3) is 0.158. The van der Waals surface area contributed by atoms with E-state index < -0.39 is 0 Å². The standard InChI is InChI=1S/C19H19N5O/c1-14-5-2-3-7-16(14)12-21-18-9-17(23-13-24-18)19(25)22-11-15-6-4-8-20-10-15/h2-10,13H,11-12H2,1H3,(H,22,25)(H,21,23,24). The molecule has 3 rings (SSSR count). The molecule has 3 aromatic rings. The molecule has 0 radical (unpaired) electrons. The van der Waals surface area contributed by atoms with Crippen molar-refractivity contribution in [2.24, 2.45) is 0 Å². The maximum absolute atomic E-state index is 12.2. The molecule has 2 aromatic heterocycles. The summed E-state index contributed by atoms with van der Waals surface area (Å²) in [7, 11) is 0. The Bertz CT molecular complexity index is 851. The highest BCUT2D eigenvalue weighted by Gasteiger charge is 2.09. The number of rotatable bonds is 6. The van der Waals surface area contributed by atoms with Crippen LogP contribution >= 0.6 is 0 Å².